The Balaban J connectivity index is 2.31. The lowest BCUT2D eigenvalue weighted by atomic mass is 10.3. The number of nitrogens with one attached hydrogen (secondary N) is 1. The summed E-state index contributed by atoms with van der Waals surface area (Å²) in [5.41, 5.74) is 15.5. The second kappa shape index (κ2) is 5.23. The highest BCUT2D eigenvalue weighted by atomic mass is 31.2. The number of rotatable bonds is 4. The first-order valence-corrected chi connectivity index (χ1v) is 7.22. The molecule has 0 radical (unpaired) electrons. The van der Waals surface area contributed by atoms with E-state index in [0.29, 0.717) is 5.69 Å². The van der Waals surface area contributed by atoms with Crippen molar-refractivity contribution < 1.29 is 4.57 Å². The van der Waals surface area contributed by atoms with Crippen LogP contribution >= 0.6 is 7.59 Å². The maximum absolute atomic E-state index is 11.9. The van der Waals surface area contributed by atoms with Gasteiger partial charge in [-0.1, -0.05) is 36.4 Å². The molecule has 0 unspecified atom stereocenters. The van der Waals surface area contributed by atoms with Gasteiger partial charge in [0.25, 0.3) is 0 Å². The van der Waals surface area contributed by atoms with Gasteiger partial charge in [0.05, 0.1) is 11.4 Å². The maximum atomic E-state index is 11.9. The van der Waals surface area contributed by atoms with Gasteiger partial charge in [0, 0.05) is 0 Å². The zero-order valence-corrected chi connectivity index (χ0v) is 10.6. The van der Waals surface area contributed by atoms with Gasteiger partial charge in [-0.15, -0.1) is 0 Å². The molecule has 0 saturated heterocycles. The summed E-state index contributed by atoms with van der Waals surface area (Å²) < 4.78 is 13.2. The molecule has 5 N–H and O–H groups in total. The molecule has 0 aliphatic carbocycles. The summed E-state index contributed by atoms with van der Waals surface area (Å²) in [5.74, 6) is 0. The van der Waals surface area contributed by atoms with Crippen molar-refractivity contribution in [2.75, 3.05) is 10.2 Å². The van der Waals surface area contributed by atoms with E-state index >= 15 is 0 Å². The minimum atomic E-state index is -3.44. The van der Waals surface area contributed by atoms with Crippen LogP contribution in [0.2, 0.25) is 0 Å². The quantitative estimate of drug-likeness (QED) is 0.582. The highest BCUT2D eigenvalue weighted by Gasteiger charge is 2.21. The molecule has 94 valence electrons. The number of anilines is 2. The topological polar surface area (TPSA) is 84.4 Å². The lowest BCUT2D eigenvalue weighted by Crippen LogP contribution is -2.33. The fourth-order valence-corrected chi connectivity index (χ4v) is 2.29. The van der Waals surface area contributed by atoms with Gasteiger partial charge in [-0.2, -0.15) is 0 Å². The van der Waals surface area contributed by atoms with Gasteiger partial charge in [0.15, 0.2) is 0 Å². The Morgan fingerprint density at radius 1 is 0.889 bits per heavy atom. The van der Waals surface area contributed by atoms with Crippen LogP contribution in [0.25, 0.3) is 0 Å². The van der Waals surface area contributed by atoms with Crippen molar-refractivity contribution in [1.82, 2.24) is 0 Å². The second-order valence-electron chi connectivity index (χ2n) is 3.80. The van der Waals surface area contributed by atoms with E-state index in [1.807, 2.05) is 48.5 Å². The monoisotopic (exact) mass is 262 g/mol. The molecule has 0 bridgehead atoms. The van der Waals surface area contributed by atoms with Crippen LogP contribution in [-0.2, 0) is 4.57 Å². The molecule has 18 heavy (non-hydrogen) atoms. The molecule has 2 rings (SSSR count). The second-order valence-corrected chi connectivity index (χ2v) is 5.54. The van der Waals surface area contributed by atoms with Crippen LogP contribution in [0, 0.1) is 0 Å². The van der Waals surface area contributed by atoms with Crippen LogP contribution in [0.15, 0.2) is 60.7 Å². The average molecular weight is 262 g/mol. The SMILES string of the molecule is NP(N)(=O)N(Nc1ccccc1)c1ccccc1. The fraction of sp³-hybridized carbons (Fsp3) is 0. The number of hydrogen-bond donors (Lipinski definition) is 3. The molecule has 2 aromatic rings. The normalized spacial score (nSPS) is 11.0. The molecule has 0 fully saturated rings. The largest absolute Gasteiger partial charge is 0.318 e. The van der Waals surface area contributed by atoms with Gasteiger partial charge in [0.1, 0.15) is 0 Å². The molecule has 0 aromatic heterocycles. The molecular formula is C12H15N4OP. The third-order valence-corrected chi connectivity index (χ3v) is 3.28. The van der Waals surface area contributed by atoms with Crippen molar-refractivity contribution in [3.8, 4) is 0 Å². The number of para-hydroxylation sites is 2. The standard InChI is InChI=1S/C12H15N4OP/c13-18(14,17)16(12-9-5-2-6-10-12)15-11-7-3-1-4-8-11/h1-10,15H,(H4,13,14,17). The highest BCUT2D eigenvalue weighted by molar-refractivity contribution is 7.60. The van der Waals surface area contributed by atoms with Gasteiger partial charge in [-0.05, 0) is 24.3 Å². The Labute approximate surface area is 106 Å². The first-order valence-electron chi connectivity index (χ1n) is 5.42. The zero-order valence-electron chi connectivity index (χ0n) is 9.73. The first kappa shape index (κ1) is 12.6. The number of benzene rings is 2. The Morgan fingerprint density at radius 2 is 1.39 bits per heavy atom. The van der Waals surface area contributed by atoms with E-state index in [1.165, 1.54) is 4.78 Å². The smallest absolute Gasteiger partial charge is 0.291 e. The first-order chi connectivity index (χ1) is 8.57. The van der Waals surface area contributed by atoms with Gasteiger partial charge < -0.3 is 0 Å². The fourth-order valence-electron chi connectivity index (χ4n) is 1.53. The molecule has 0 aliphatic heterocycles. The molecule has 6 heteroatoms. The molecule has 0 amide bonds. The number of hydrazine groups is 1. The van der Waals surface area contributed by atoms with Crippen molar-refractivity contribution in [1.29, 1.82) is 0 Å². The van der Waals surface area contributed by atoms with Crippen LogP contribution in [0.1, 0.15) is 0 Å². The predicted octanol–water partition coefficient (Wildman–Crippen LogP) is 2.55. The number of nitrogens with zero attached hydrogens (tertiary/aromatic N) is 1. The summed E-state index contributed by atoms with van der Waals surface area (Å²) in [4.78, 5) is 0. The van der Waals surface area contributed by atoms with Crippen molar-refractivity contribution in [3.63, 3.8) is 0 Å². The molecule has 2 aromatic carbocycles. The maximum Gasteiger partial charge on any atom is 0.318 e. The van der Waals surface area contributed by atoms with E-state index in [9.17, 15) is 4.57 Å². The molecule has 0 saturated carbocycles. The third kappa shape index (κ3) is 3.11. The van der Waals surface area contributed by atoms with Crippen LogP contribution in [0.3, 0.4) is 0 Å². The predicted molar refractivity (Wildman–Crippen MR) is 75.0 cm³/mol. The number of hydrogen-bond acceptors (Lipinski definition) is 2. The Kier molecular flexibility index (Phi) is 3.67. The van der Waals surface area contributed by atoms with E-state index in [-0.39, 0.29) is 0 Å². The lowest BCUT2D eigenvalue weighted by Gasteiger charge is -2.28. The van der Waals surface area contributed by atoms with Gasteiger partial charge in [-0.25, -0.2) is 4.78 Å². The van der Waals surface area contributed by atoms with Crippen molar-refractivity contribution >= 4 is 19.0 Å². The highest BCUT2D eigenvalue weighted by Crippen LogP contribution is 2.36. The van der Waals surface area contributed by atoms with Gasteiger partial charge >= 0.3 is 7.59 Å². The Bertz CT molecular complexity index is 541. The van der Waals surface area contributed by atoms with Crippen LogP contribution in [-0.4, -0.2) is 0 Å². The summed E-state index contributed by atoms with van der Waals surface area (Å²) in [6.45, 7) is 0. The molecule has 0 aliphatic rings. The van der Waals surface area contributed by atoms with Crippen molar-refractivity contribution in [2.45, 2.75) is 0 Å². The Morgan fingerprint density at radius 3 is 1.89 bits per heavy atom. The summed E-state index contributed by atoms with van der Waals surface area (Å²) in [7, 11) is -3.44. The van der Waals surface area contributed by atoms with Crippen molar-refractivity contribution in [3.05, 3.63) is 60.7 Å². The summed E-state index contributed by atoms with van der Waals surface area (Å²) in [6, 6.07) is 18.4. The van der Waals surface area contributed by atoms with E-state index in [0.717, 1.165) is 5.69 Å². The third-order valence-electron chi connectivity index (χ3n) is 2.32. The van der Waals surface area contributed by atoms with Gasteiger partial charge in [-0.3, -0.25) is 21.0 Å². The average Bonchev–Trinajstić information content (AvgIpc) is 2.37. The summed E-state index contributed by atoms with van der Waals surface area (Å²) in [5, 5.41) is 0. The van der Waals surface area contributed by atoms with E-state index < -0.39 is 7.59 Å². The number of nitrogens with two attached hydrogens (primary N) is 2. The summed E-state index contributed by atoms with van der Waals surface area (Å²) >= 11 is 0. The minimum Gasteiger partial charge on any atom is -0.291 e. The van der Waals surface area contributed by atoms with Crippen molar-refractivity contribution in [2.24, 2.45) is 11.0 Å². The molecular weight excluding hydrogens is 247 g/mol. The Hall–Kier alpha value is -1.81. The molecule has 0 atom stereocenters. The van der Waals surface area contributed by atoms with Crippen LogP contribution < -0.4 is 21.2 Å². The summed E-state index contributed by atoms with van der Waals surface area (Å²) in [6.07, 6.45) is 0. The van der Waals surface area contributed by atoms with E-state index in [1.54, 1.807) is 12.1 Å². The van der Waals surface area contributed by atoms with Crippen LogP contribution in [0.5, 0.6) is 0 Å². The minimum absolute atomic E-state index is 0.648. The van der Waals surface area contributed by atoms with Crippen LogP contribution in [0.4, 0.5) is 11.4 Å². The van der Waals surface area contributed by atoms with Gasteiger partial charge in [0.2, 0.25) is 0 Å². The lowest BCUT2D eigenvalue weighted by molar-refractivity contribution is 0.575. The van der Waals surface area contributed by atoms with E-state index in [4.69, 9.17) is 11.0 Å². The van der Waals surface area contributed by atoms with E-state index in [2.05, 4.69) is 5.43 Å². The molecule has 0 spiro atoms. The zero-order chi connectivity index (χ0) is 13.0. The molecule has 5 nitrogen and oxygen atoms in total. The molecule has 0 heterocycles.